The molecule has 1 aliphatic carbocycles. The molecule has 1 fully saturated rings. The van der Waals surface area contributed by atoms with Crippen molar-refractivity contribution in [3.05, 3.63) is 23.8 Å². The molecule has 0 bridgehead atoms. The van der Waals surface area contributed by atoms with Gasteiger partial charge in [-0.2, -0.15) is 0 Å². The van der Waals surface area contributed by atoms with E-state index in [1.54, 1.807) is 14.2 Å². The fourth-order valence-electron chi connectivity index (χ4n) is 2.55. The van der Waals surface area contributed by atoms with Gasteiger partial charge in [-0.25, -0.2) is 0 Å². The molecule has 3 N–H and O–H groups in total. The number of rotatable bonds is 6. The summed E-state index contributed by atoms with van der Waals surface area (Å²) in [7, 11) is 3.35. The van der Waals surface area contributed by atoms with E-state index < -0.39 is 0 Å². The van der Waals surface area contributed by atoms with Gasteiger partial charge in [0.25, 0.3) is 0 Å². The van der Waals surface area contributed by atoms with Crippen LogP contribution in [-0.4, -0.2) is 14.2 Å². The minimum Gasteiger partial charge on any atom is -0.496 e. The summed E-state index contributed by atoms with van der Waals surface area (Å²) in [5.41, 5.74) is 3.93. The molecule has 0 radical (unpaired) electrons. The van der Waals surface area contributed by atoms with Gasteiger partial charge in [-0.3, -0.25) is 11.3 Å². The van der Waals surface area contributed by atoms with Crippen LogP contribution in [0.2, 0.25) is 0 Å². The highest BCUT2D eigenvalue weighted by Crippen LogP contribution is 2.40. The number of ether oxygens (including phenoxy) is 2. The Bertz CT molecular complexity index is 369. The number of hydrazine groups is 1. The van der Waals surface area contributed by atoms with E-state index in [0.717, 1.165) is 29.4 Å². The van der Waals surface area contributed by atoms with Gasteiger partial charge in [0.05, 0.1) is 25.8 Å². The van der Waals surface area contributed by atoms with Crippen molar-refractivity contribution in [2.75, 3.05) is 14.2 Å². The fraction of sp³-hybridized carbons (Fsp3) is 0.571. The molecule has 100 valence electrons. The molecule has 4 heteroatoms. The molecule has 1 aromatic rings. The van der Waals surface area contributed by atoms with Crippen LogP contribution >= 0.6 is 0 Å². The molecular formula is C14H22N2O2. The Morgan fingerprint density at radius 3 is 2.28 bits per heavy atom. The van der Waals surface area contributed by atoms with Gasteiger partial charge in [0, 0.05) is 0 Å². The summed E-state index contributed by atoms with van der Waals surface area (Å²) < 4.78 is 10.9. The second-order valence-corrected chi connectivity index (χ2v) is 4.83. The summed E-state index contributed by atoms with van der Waals surface area (Å²) in [6.45, 7) is 0. The van der Waals surface area contributed by atoms with Crippen molar-refractivity contribution >= 4 is 0 Å². The normalized spacial score (nSPS) is 17.1. The Morgan fingerprint density at radius 1 is 1.28 bits per heavy atom. The molecule has 4 nitrogen and oxygen atoms in total. The van der Waals surface area contributed by atoms with Crippen LogP contribution in [0.4, 0.5) is 0 Å². The molecule has 0 aromatic heterocycles. The minimum atomic E-state index is 0.0846. The number of hydrogen-bond donors (Lipinski definition) is 2. The highest BCUT2D eigenvalue weighted by atomic mass is 16.5. The van der Waals surface area contributed by atoms with Gasteiger partial charge in [-0.05, 0) is 24.5 Å². The molecule has 0 saturated heterocycles. The zero-order valence-electron chi connectivity index (χ0n) is 11.1. The van der Waals surface area contributed by atoms with E-state index in [9.17, 15) is 0 Å². The van der Waals surface area contributed by atoms with Gasteiger partial charge in [-0.15, -0.1) is 0 Å². The van der Waals surface area contributed by atoms with E-state index >= 15 is 0 Å². The van der Waals surface area contributed by atoms with Gasteiger partial charge in [0.15, 0.2) is 0 Å². The van der Waals surface area contributed by atoms with Crippen molar-refractivity contribution in [3.8, 4) is 11.5 Å². The lowest BCUT2D eigenvalue weighted by Crippen LogP contribution is -2.31. The zero-order chi connectivity index (χ0) is 13.0. The van der Waals surface area contributed by atoms with Crippen molar-refractivity contribution in [1.82, 2.24) is 5.43 Å². The van der Waals surface area contributed by atoms with Crippen LogP contribution in [0.25, 0.3) is 0 Å². The average molecular weight is 250 g/mol. The molecular weight excluding hydrogens is 228 g/mol. The fourth-order valence-corrected chi connectivity index (χ4v) is 2.55. The highest BCUT2D eigenvalue weighted by Gasteiger charge is 2.26. The van der Waals surface area contributed by atoms with Crippen LogP contribution in [0, 0.1) is 5.92 Å². The van der Waals surface area contributed by atoms with Gasteiger partial charge in [0.2, 0.25) is 0 Å². The van der Waals surface area contributed by atoms with E-state index in [1.807, 2.05) is 18.2 Å². The highest BCUT2D eigenvalue weighted by molar-refractivity contribution is 5.47. The van der Waals surface area contributed by atoms with Crippen LogP contribution in [0.3, 0.4) is 0 Å². The Kier molecular flexibility index (Phi) is 4.44. The minimum absolute atomic E-state index is 0.0846. The molecule has 18 heavy (non-hydrogen) atoms. The second kappa shape index (κ2) is 6.07. The standard InChI is InChI=1S/C14H22N2O2/c1-17-12-7-4-8-13(18-2)14(12)11(16-15)9-10-5-3-6-10/h4,7-8,10-11,16H,3,5-6,9,15H2,1-2H3. The maximum atomic E-state index is 5.72. The van der Waals surface area contributed by atoms with Gasteiger partial charge < -0.3 is 9.47 Å². The van der Waals surface area contributed by atoms with Crippen LogP contribution in [0.15, 0.2) is 18.2 Å². The first-order chi connectivity index (χ1) is 8.80. The molecule has 1 unspecified atom stereocenters. The first-order valence-corrected chi connectivity index (χ1v) is 6.47. The van der Waals surface area contributed by atoms with E-state index in [-0.39, 0.29) is 6.04 Å². The topological polar surface area (TPSA) is 56.5 Å². The smallest absolute Gasteiger partial charge is 0.127 e. The van der Waals surface area contributed by atoms with Crippen molar-refractivity contribution < 1.29 is 9.47 Å². The van der Waals surface area contributed by atoms with Crippen molar-refractivity contribution in [1.29, 1.82) is 0 Å². The van der Waals surface area contributed by atoms with Gasteiger partial charge in [-0.1, -0.05) is 25.3 Å². The van der Waals surface area contributed by atoms with Gasteiger partial charge >= 0.3 is 0 Å². The summed E-state index contributed by atoms with van der Waals surface area (Å²) >= 11 is 0. The molecule has 1 saturated carbocycles. The Morgan fingerprint density at radius 2 is 1.89 bits per heavy atom. The maximum Gasteiger partial charge on any atom is 0.127 e. The van der Waals surface area contributed by atoms with Crippen LogP contribution < -0.4 is 20.7 Å². The molecule has 0 aliphatic heterocycles. The molecule has 1 atom stereocenters. The summed E-state index contributed by atoms with van der Waals surface area (Å²) in [4.78, 5) is 0. The van der Waals surface area contributed by atoms with Crippen molar-refractivity contribution in [3.63, 3.8) is 0 Å². The third-order valence-electron chi connectivity index (χ3n) is 3.81. The van der Waals surface area contributed by atoms with E-state index in [4.69, 9.17) is 15.3 Å². The Labute approximate surface area is 108 Å². The lowest BCUT2D eigenvalue weighted by Gasteiger charge is -2.30. The van der Waals surface area contributed by atoms with Crippen LogP contribution in [-0.2, 0) is 0 Å². The maximum absolute atomic E-state index is 5.72. The number of nitrogens with one attached hydrogen (secondary N) is 1. The third-order valence-corrected chi connectivity index (χ3v) is 3.81. The number of hydrogen-bond acceptors (Lipinski definition) is 4. The average Bonchev–Trinajstić information content (AvgIpc) is 2.37. The van der Waals surface area contributed by atoms with E-state index in [1.165, 1.54) is 19.3 Å². The molecule has 0 amide bonds. The number of benzene rings is 1. The van der Waals surface area contributed by atoms with E-state index in [2.05, 4.69) is 5.43 Å². The largest absolute Gasteiger partial charge is 0.496 e. The summed E-state index contributed by atoms with van der Waals surface area (Å²) in [5.74, 6) is 8.14. The number of nitrogens with two attached hydrogens (primary N) is 1. The third kappa shape index (κ3) is 2.60. The summed E-state index contributed by atoms with van der Waals surface area (Å²) in [5, 5.41) is 0. The van der Waals surface area contributed by atoms with E-state index in [0.29, 0.717) is 0 Å². The van der Waals surface area contributed by atoms with Gasteiger partial charge in [0.1, 0.15) is 11.5 Å². The lowest BCUT2D eigenvalue weighted by atomic mass is 9.79. The first kappa shape index (κ1) is 13.2. The quantitative estimate of drug-likeness (QED) is 0.601. The predicted octanol–water partition coefficient (Wildman–Crippen LogP) is 2.40. The molecule has 2 rings (SSSR count). The first-order valence-electron chi connectivity index (χ1n) is 6.47. The molecule has 0 spiro atoms. The van der Waals surface area contributed by atoms with Crippen molar-refractivity contribution in [2.45, 2.75) is 31.7 Å². The molecule has 0 heterocycles. The van der Waals surface area contributed by atoms with Crippen LogP contribution in [0.1, 0.15) is 37.3 Å². The molecule has 1 aromatic carbocycles. The second-order valence-electron chi connectivity index (χ2n) is 4.83. The van der Waals surface area contributed by atoms with Crippen LogP contribution in [0.5, 0.6) is 11.5 Å². The van der Waals surface area contributed by atoms with Crippen molar-refractivity contribution in [2.24, 2.45) is 11.8 Å². The predicted molar refractivity (Wildman–Crippen MR) is 71.6 cm³/mol. The summed E-state index contributed by atoms with van der Waals surface area (Å²) in [6.07, 6.45) is 4.98. The summed E-state index contributed by atoms with van der Waals surface area (Å²) in [6, 6.07) is 5.91. The number of methoxy groups -OCH3 is 2. The monoisotopic (exact) mass is 250 g/mol. The lowest BCUT2D eigenvalue weighted by molar-refractivity contribution is 0.255. The zero-order valence-corrected chi connectivity index (χ0v) is 11.1. The molecule has 1 aliphatic rings. The Hall–Kier alpha value is -1.26. The SMILES string of the molecule is COc1cccc(OC)c1C(CC1CCC1)NN. The Balaban J connectivity index is 2.26.